The van der Waals surface area contributed by atoms with Crippen LogP contribution in [0.25, 0.3) is 0 Å². The summed E-state index contributed by atoms with van der Waals surface area (Å²) in [6.07, 6.45) is 1.04. The molecule has 2 aromatic rings. The summed E-state index contributed by atoms with van der Waals surface area (Å²) < 4.78 is 5.95. The highest BCUT2D eigenvalue weighted by Gasteiger charge is 2.34. The highest BCUT2D eigenvalue weighted by molar-refractivity contribution is 5.89. The van der Waals surface area contributed by atoms with E-state index in [4.69, 9.17) is 4.74 Å². The molecule has 2 unspecified atom stereocenters. The Bertz CT molecular complexity index is 699. The predicted octanol–water partition coefficient (Wildman–Crippen LogP) is 2.88. The third kappa shape index (κ3) is 3.08. The fourth-order valence-electron chi connectivity index (χ4n) is 3.31. The molecule has 1 saturated heterocycles. The molecule has 23 heavy (non-hydrogen) atoms. The number of ether oxygens (including phenoxy) is 1. The molecule has 0 bridgehead atoms. The molecule has 2 aliphatic rings. The van der Waals surface area contributed by atoms with Crippen molar-refractivity contribution >= 4 is 5.71 Å². The zero-order valence-electron chi connectivity index (χ0n) is 13.0. The first-order chi connectivity index (χ1) is 11.4. The number of benzene rings is 2. The van der Waals surface area contributed by atoms with Gasteiger partial charge in [0.1, 0.15) is 12.4 Å². The van der Waals surface area contributed by atoms with Crippen LogP contribution in [0.1, 0.15) is 23.6 Å². The lowest BCUT2D eigenvalue weighted by atomic mass is 9.87. The maximum Gasteiger partial charge on any atom is 0.120 e. The Balaban J connectivity index is 1.46. The van der Waals surface area contributed by atoms with Gasteiger partial charge in [-0.25, -0.2) is 0 Å². The van der Waals surface area contributed by atoms with E-state index < -0.39 is 0 Å². The normalized spacial score (nSPS) is 22.9. The van der Waals surface area contributed by atoms with Gasteiger partial charge in [-0.1, -0.05) is 42.5 Å². The highest BCUT2D eigenvalue weighted by Crippen LogP contribution is 2.31. The van der Waals surface area contributed by atoms with Crippen molar-refractivity contribution in [3.63, 3.8) is 0 Å². The molecule has 0 aromatic heterocycles. The molecule has 118 valence electrons. The van der Waals surface area contributed by atoms with Crippen LogP contribution in [0.4, 0.5) is 0 Å². The average molecular weight is 307 g/mol. The van der Waals surface area contributed by atoms with Gasteiger partial charge in [-0.3, -0.25) is 0 Å². The van der Waals surface area contributed by atoms with Gasteiger partial charge in [-0.2, -0.15) is 5.10 Å². The molecule has 4 rings (SSSR count). The van der Waals surface area contributed by atoms with E-state index in [2.05, 4.69) is 46.2 Å². The highest BCUT2D eigenvalue weighted by atomic mass is 16.5. The third-order valence-corrected chi connectivity index (χ3v) is 4.57. The standard InChI is InChI=1S/C19H21N3O/c1-2-5-14(6-3-1)13-23-16-8-4-7-15(11-16)19-17-12-20-10-9-18(17)21-22-19/h1-8,11,17,19-20,22H,9-10,12-13H2. The van der Waals surface area contributed by atoms with Crippen LogP contribution in [0.15, 0.2) is 59.7 Å². The molecule has 2 N–H and O–H groups in total. The summed E-state index contributed by atoms with van der Waals surface area (Å²) in [5.41, 5.74) is 7.02. The summed E-state index contributed by atoms with van der Waals surface area (Å²) in [5, 5.41) is 7.99. The third-order valence-electron chi connectivity index (χ3n) is 4.57. The second-order valence-corrected chi connectivity index (χ2v) is 6.12. The van der Waals surface area contributed by atoms with Crippen molar-refractivity contribution in [2.45, 2.75) is 19.1 Å². The zero-order valence-corrected chi connectivity index (χ0v) is 13.0. The Morgan fingerprint density at radius 1 is 1.09 bits per heavy atom. The summed E-state index contributed by atoms with van der Waals surface area (Å²) in [4.78, 5) is 0. The number of rotatable bonds is 4. The minimum Gasteiger partial charge on any atom is -0.489 e. The zero-order chi connectivity index (χ0) is 15.5. The predicted molar refractivity (Wildman–Crippen MR) is 91.5 cm³/mol. The Morgan fingerprint density at radius 2 is 2.00 bits per heavy atom. The van der Waals surface area contributed by atoms with Crippen molar-refractivity contribution < 1.29 is 4.74 Å². The average Bonchev–Trinajstić information content (AvgIpc) is 3.05. The molecule has 2 heterocycles. The largest absolute Gasteiger partial charge is 0.489 e. The fourth-order valence-corrected chi connectivity index (χ4v) is 3.31. The number of nitrogens with one attached hydrogen (secondary N) is 2. The van der Waals surface area contributed by atoms with Crippen molar-refractivity contribution in [1.29, 1.82) is 0 Å². The summed E-state index contributed by atoms with van der Waals surface area (Å²) >= 11 is 0. The van der Waals surface area contributed by atoms with Gasteiger partial charge in [0.2, 0.25) is 0 Å². The Kier molecular flexibility index (Phi) is 3.99. The van der Waals surface area contributed by atoms with Gasteiger partial charge in [0.15, 0.2) is 0 Å². The number of nitrogens with zero attached hydrogens (tertiary/aromatic N) is 1. The van der Waals surface area contributed by atoms with Gasteiger partial charge < -0.3 is 15.5 Å². The van der Waals surface area contributed by atoms with Crippen LogP contribution >= 0.6 is 0 Å². The molecule has 1 fully saturated rings. The SMILES string of the molecule is c1ccc(COc2cccc(C3NN=C4CCNCC43)c2)cc1. The lowest BCUT2D eigenvalue weighted by Gasteiger charge is -2.25. The number of fused-ring (bicyclic) bond motifs is 1. The van der Waals surface area contributed by atoms with Crippen LogP contribution in [0.2, 0.25) is 0 Å². The first-order valence-corrected chi connectivity index (χ1v) is 8.19. The maximum atomic E-state index is 5.95. The molecule has 0 spiro atoms. The van der Waals surface area contributed by atoms with Crippen LogP contribution in [0.3, 0.4) is 0 Å². The van der Waals surface area contributed by atoms with E-state index >= 15 is 0 Å². The van der Waals surface area contributed by atoms with Crippen molar-refractivity contribution in [2.24, 2.45) is 11.0 Å². The molecule has 2 aliphatic heterocycles. The number of hydrogen-bond acceptors (Lipinski definition) is 4. The van der Waals surface area contributed by atoms with E-state index in [1.807, 2.05) is 24.3 Å². The number of hydrogen-bond donors (Lipinski definition) is 2. The first kappa shape index (κ1) is 14.3. The maximum absolute atomic E-state index is 5.95. The minimum absolute atomic E-state index is 0.248. The second-order valence-electron chi connectivity index (χ2n) is 6.12. The Labute approximate surface area is 136 Å². The van der Waals surface area contributed by atoms with Gasteiger partial charge >= 0.3 is 0 Å². The second kappa shape index (κ2) is 6.42. The van der Waals surface area contributed by atoms with E-state index in [9.17, 15) is 0 Å². The van der Waals surface area contributed by atoms with Crippen molar-refractivity contribution in [3.05, 3.63) is 65.7 Å². The van der Waals surface area contributed by atoms with Crippen molar-refractivity contribution in [2.75, 3.05) is 13.1 Å². The van der Waals surface area contributed by atoms with Crippen LogP contribution in [0.5, 0.6) is 5.75 Å². The van der Waals surface area contributed by atoms with E-state index in [1.165, 1.54) is 16.8 Å². The van der Waals surface area contributed by atoms with Crippen LogP contribution < -0.4 is 15.5 Å². The molecule has 2 atom stereocenters. The quantitative estimate of drug-likeness (QED) is 0.913. The lowest BCUT2D eigenvalue weighted by Crippen LogP contribution is -2.38. The van der Waals surface area contributed by atoms with Crippen molar-refractivity contribution in [1.82, 2.24) is 10.7 Å². The fraction of sp³-hybridized carbons (Fsp3) is 0.316. The van der Waals surface area contributed by atoms with Gasteiger partial charge in [-0.15, -0.1) is 0 Å². The molecular formula is C19H21N3O. The van der Waals surface area contributed by atoms with Gasteiger partial charge in [0.05, 0.1) is 6.04 Å². The minimum atomic E-state index is 0.248. The molecular weight excluding hydrogens is 286 g/mol. The van der Waals surface area contributed by atoms with Crippen LogP contribution in [0, 0.1) is 5.92 Å². The topological polar surface area (TPSA) is 45.6 Å². The van der Waals surface area contributed by atoms with E-state index in [-0.39, 0.29) is 6.04 Å². The molecule has 4 heteroatoms. The molecule has 0 radical (unpaired) electrons. The lowest BCUT2D eigenvalue weighted by molar-refractivity contribution is 0.305. The Hall–Kier alpha value is -2.33. The molecule has 0 saturated carbocycles. The van der Waals surface area contributed by atoms with Crippen LogP contribution in [-0.2, 0) is 6.61 Å². The van der Waals surface area contributed by atoms with E-state index in [1.54, 1.807) is 0 Å². The van der Waals surface area contributed by atoms with Gasteiger partial charge in [0, 0.05) is 31.1 Å². The molecule has 0 aliphatic carbocycles. The van der Waals surface area contributed by atoms with Gasteiger partial charge in [0.25, 0.3) is 0 Å². The monoisotopic (exact) mass is 307 g/mol. The molecule has 2 aromatic carbocycles. The smallest absolute Gasteiger partial charge is 0.120 e. The Morgan fingerprint density at radius 3 is 2.91 bits per heavy atom. The first-order valence-electron chi connectivity index (χ1n) is 8.19. The summed E-state index contributed by atoms with van der Waals surface area (Å²) in [5.74, 6) is 1.36. The molecule has 0 amide bonds. The summed E-state index contributed by atoms with van der Waals surface area (Å²) in [6, 6.07) is 18.9. The van der Waals surface area contributed by atoms with Gasteiger partial charge in [-0.05, 0) is 23.3 Å². The van der Waals surface area contributed by atoms with E-state index in [0.717, 1.165) is 25.3 Å². The van der Waals surface area contributed by atoms with Crippen molar-refractivity contribution in [3.8, 4) is 5.75 Å². The number of hydrazone groups is 1. The number of piperidine rings is 1. The molecule has 4 nitrogen and oxygen atoms in total. The summed E-state index contributed by atoms with van der Waals surface area (Å²) in [6.45, 7) is 2.62. The van der Waals surface area contributed by atoms with E-state index in [0.29, 0.717) is 12.5 Å². The summed E-state index contributed by atoms with van der Waals surface area (Å²) in [7, 11) is 0. The van der Waals surface area contributed by atoms with Crippen LogP contribution in [-0.4, -0.2) is 18.8 Å².